The number of para-hydroxylation sites is 1. The molecule has 1 aliphatic rings. The average Bonchev–Trinajstić information content (AvgIpc) is 3.14. The Morgan fingerprint density at radius 2 is 1.66 bits per heavy atom. The summed E-state index contributed by atoms with van der Waals surface area (Å²) in [5.74, 6) is -2.00. The summed E-state index contributed by atoms with van der Waals surface area (Å²) in [7, 11) is 1.53. The molecular weight excluding hydrogens is 510 g/mol. The molecule has 4 rings (SSSR count). The summed E-state index contributed by atoms with van der Waals surface area (Å²) in [6.45, 7) is 2.05. The zero-order chi connectivity index (χ0) is 27.2. The SMILES string of the molecule is CCCOC(=O)c1ccccc1N1C(=O)C(Cl)=C(Nc2cccc(C(=O)Nc3cccc(OC)c3)c2)C1=O. The van der Waals surface area contributed by atoms with Crippen molar-refractivity contribution in [2.75, 3.05) is 29.3 Å². The number of amides is 3. The fraction of sp³-hybridized carbons (Fsp3) is 0.143. The minimum Gasteiger partial charge on any atom is -0.497 e. The average molecular weight is 534 g/mol. The summed E-state index contributed by atoms with van der Waals surface area (Å²) >= 11 is 6.27. The van der Waals surface area contributed by atoms with E-state index in [0.29, 0.717) is 29.1 Å². The van der Waals surface area contributed by atoms with Gasteiger partial charge in [0.15, 0.2) is 0 Å². The Hall–Kier alpha value is -4.63. The van der Waals surface area contributed by atoms with E-state index in [1.54, 1.807) is 54.6 Å². The summed E-state index contributed by atoms with van der Waals surface area (Å²) in [5, 5.41) is 5.28. The summed E-state index contributed by atoms with van der Waals surface area (Å²) in [4.78, 5) is 52.5. The number of rotatable bonds is 9. The van der Waals surface area contributed by atoms with E-state index in [-0.39, 0.29) is 28.6 Å². The highest BCUT2D eigenvalue weighted by Crippen LogP contribution is 2.32. The van der Waals surface area contributed by atoms with Crippen LogP contribution in [0.25, 0.3) is 0 Å². The van der Waals surface area contributed by atoms with E-state index in [1.165, 1.54) is 25.3 Å². The van der Waals surface area contributed by atoms with Crippen molar-refractivity contribution in [3.8, 4) is 5.75 Å². The number of nitrogens with one attached hydrogen (secondary N) is 2. The van der Waals surface area contributed by atoms with Crippen molar-refractivity contribution in [3.05, 3.63) is 94.7 Å². The van der Waals surface area contributed by atoms with Gasteiger partial charge in [0.1, 0.15) is 16.5 Å². The van der Waals surface area contributed by atoms with Crippen LogP contribution in [0.3, 0.4) is 0 Å². The van der Waals surface area contributed by atoms with Crippen LogP contribution in [0, 0.1) is 0 Å². The molecule has 3 aromatic carbocycles. The van der Waals surface area contributed by atoms with E-state index in [4.69, 9.17) is 21.1 Å². The number of carbonyl (C=O) groups is 4. The molecule has 1 heterocycles. The third-order valence-electron chi connectivity index (χ3n) is 5.55. The first kappa shape index (κ1) is 26.4. The maximum absolute atomic E-state index is 13.3. The van der Waals surface area contributed by atoms with Crippen molar-refractivity contribution in [2.24, 2.45) is 0 Å². The largest absolute Gasteiger partial charge is 0.497 e. The van der Waals surface area contributed by atoms with Crippen LogP contribution in [0.2, 0.25) is 0 Å². The summed E-state index contributed by atoms with van der Waals surface area (Å²) in [5.41, 5.74) is 1.14. The molecule has 0 atom stereocenters. The van der Waals surface area contributed by atoms with Gasteiger partial charge in [0.2, 0.25) is 0 Å². The quantitative estimate of drug-likeness (QED) is 0.295. The molecular formula is C28H24ClN3O6. The van der Waals surface area contributed by atoms with Crippen molar-refractivity contribution in [2.45, 2.75) is 13.3 Å². The number of imide groups is 1. The predicted octanol–water partition coefficient (Wildman–Crippen LogP) is 4.95. The molecule has 0 spiro atoms. The van der Waals surface area contributed by atoms with Crippen LogP contribution in [-0.4, -0.2) is 37.4 Å². The minimum atomic E-state index is -0.790. The highest BCUT2D eigenvalue weighted by atomic mass is 35.5. The molecule has 0 aliphatic carbocycles. The number of methoxy groups -OCH3 is 1. The fourth-order valence-corrected chi connectivity index (χ4v) is 3.94. The molecule has 2 N–H and O–H groups in total. The Bertz CT molecular complexity index is 1450. The Kier molecular flexibility index (Phi) is 8.08. The van der Waals surface area contributed by atoms with Gasteiger partial charge in [-0.15, -0.1) is 0 Å². The van der Waals surface area contributed by atoms with Crippen molar-refractivity contribution in [1.82, 2.24) is 0 Å². The topological polar surface area (TPSA) is 114 Å². The number of esters is 1. The number of hydrogen-bond acceptors (Lipinski definition) is 7. The molecule has 38 heavy (non-hydrogen) atoms. The van der Waals surface area contributed by atoms with E-state index in [0.717, 1.165) is 4.90 Å². The van der Waals surface area contributed by atoms with Gasteiger partial charge in [0.25, 0.3) is 17.7 Å². The zero-order valence-corrected chi connectivity index (χ0v) is 21.4. The number of carbonyl (C=O) groups excluding carboxylic acids is 4. The molecule has 0 saturated carbocycles. The molecule has 3 aromatic rings. The monoisotopic (exact) mass is 533 g/mol. The summed E-state index contributed by atoms with van der Waals surface area (Å²) < 4.78 is 10.4. The first-order valence-corrected chi connectivity index (χ1v) is 12.1. The Morgan fingerprint density at radius 3 is 2.42 bits per heavy atom. The molecule has 0 saturated heterocycles. The molecule has 0 aromatic heterocycles. The molecule has 0 radical (unpaired) electrons. The predicted molar refractivity (Wildman–Crippen MR) is 143 cm³/mol. The second kappa shape index (κ2) is 11.6. The number of nitrogens with zero attached hydrogens (tertiary/aromatic N) is 1. The summed E-state index contributed by atoms with van der Waals surface area (Å²) in [6.07, 6.45) is 0.619. The lowest BCUT2D eigenvalue weighted by atomic mass is 10.1. The normalized spacial score (nSPS) is 13.0. The summed E-state index contributed by atoms with van der Waals surface area (Å²) in [6, 6.07) is 19.4. The van der Waals surface area contributed by atoms with Gasteiger partial charge in [-0.2, -0.15) is 0 Å². The van der Waals surface area contributed by atoms with Crippen molar-refractivity contribution in [3.63, 3.8) is 0 Å². The van der Waals surface area contributed by atoms with Gasteiger partial charge in [0.05, 0.1) is 25.0 Å². The van der Waals surface area contributed by atoms with Crippen LogP contribution in [0.15, 0.2) is 83.5 Å². The first-order valence-electron chi connectivity index (χ1n) is 11.7. The molecule has 1 aliphatic heterocycles. The molecule has 10 heteroatoms. The second-order valence-corrected chi connectivity index (χ2v) is 8.56. The Balaban J connectivity index is 1.55. The van der Waals surface area contributed by atoms with Gasteiger partial charge in [-0.3, -0.25) is 14.4 Å². The van der Waals surface area contributed by atoms with Gasteiger partial charge in [-0.25, -0.2) is 9.69 Å². The molecule has 194 valence electrons. The number of halogens is 1. The molecule has 3 amide bonds. The van der Waals surface area contributed by atoms with Crippen LogP contribution in [0.5, 0.6) is 5.75 Å². The fourth-order valence-electron chi connectivity index (χ4n) is 3.73. The van der Waals surface area contributed by atoms with E-state index < -0.39 is 23.7 Å². The molecule has 0 fully saturated rings. The van der Waals surface area contributed by atoms with E-state index in [9.17, 15) is 19.2 Å². The van der Waals surface area contributed by atoms with Gasteiger partial charge in [0, 0.05) is 23.0 Å². The lowest BCUT2D eigenvalue weighted by Crippen LogP contribution is -2.33. The number of hydrogen-bond donors (Lipinski definition) is 2. The van der Waals surface area contributed by atoms with Crippen molar-refractivity contribution < 1.29 is 28.7 Å². The third kappa shape index (κ3) is 5.52. The lowest BCUT2D eigenvalue weighted by molar-refractivity contribution is -0.120. The Labute approximate surface area is 224 Å². The van der Waals surface area contributed by atoms with Gasteiger partial charge < -0.3 is 20.1 Å². The van der Waals surface area contributed by atoms with Crippen molar-refractivity contribution in [1.29, 1.82) is 0 Å². The van der Waals surface area contributed by atoms with Crippen LogP contribution in [0.4, 0.5) is 17.1 Å². The zero-order valence-electron chi connectivity index (χ0n) is 20.6. The standard InChI is InChI=1S/C28H24ClN3O6/c1-3-14-38-28(36)21-12-4-5-13-22(21)32-26(34)23(29)24(27(32)35)30-18-9-6-8-17(15-18)25(33)31-19-10-7-11-20(16-19)37-2/h4-13,15-16,30H,3,14H2,1-2H3,(H,31,33). The van der Waals surface area contributed by atoms with Gasteiger partial charge >= 0.3 is 5.97 Å². The number of anilines is 3. The lowest BCUT2D eigenvalue weighted by Gasteiger charge is -2.18. The van der Waals surface area contributed by atoms with Gasteiger partial charge in [-0.05, 0) is 48.9 Å². The van der Waals surface area contributed by atoms with Gasteiger partial charge in [-0.1, -0.05) is 42.8 Å². The maximum Gasteiger partial charge on any atom is 0.340 e. The van der Waals surface area contributed by atoms with E-state index in [1.807, 2.05) is 6.92 Å². The highest BCUT2D eigenvalue weighted by molar-refractivity contribution is 6.53. The van der Waals surface area contributed by atoms with E-state index in [2.05, 4.69) is 10.6 Å². The van der Waals surface area contributed by atoms with Crippen LogP contribution < -0.4 is 20.3 Å². The van der Waals surface area contributed by atoms with Crippen molar-refractivity contribution >= 4 is 52.4 Å². The van der Waals surface area contributed by atoms with Crippen LogP contribution >= 0.6 is 11.6 Å². The second-order valence-electron chi connectivity index (χ2n) is 8.18. The third-order valence-corrected chi connectivity index (χ3v) is 5.90. The maximum atomic E-state index is 13.3. The first-order chi connectivity index (χ1) is 18.3. The molecule has 0 bridgehead atoms. The molecule has 0 unspecified atom stereocenters. The number of ether oxygens (including phenoxy) is 2. The van der Waals surface area contributed by atoms with Crippen LogP contribution in [0.1, 0.15) is 34.1 Å². The molecule has 9 nitrogen and oxygen atoms in total. The smallest absolute Gasteiger partial charge is 0.340 e. The minimum absolute atomic E-state index is 0.0598. The Morgan fingerprint density at radius 1 is 0.921 bits per heavy atom. The van der Waals surface area contributed by atoms with E-state index >= 15 is 0 Å². The highest BCUT2D eigenvalue weighted by Gasteiger charge is 2.40. The number of benzene rings is 3. The van der Waals surface area contributed by atoms with Crippen LogP contribution in [-0.2, 0) is 14.3 Å².